The average Bonchev–Trinajstić information content (AvgIpc) is 2.66. The van der Waals surface area contributed by atoms with Gasteiger partial charge in [0.1, 0.15) is 11.6 Å². The van der Waals surface area contributed by atoms with Crippen LogP contribution in [0.5, 0.6) is 0 Å². The lowest BCUT2D eigenvalue weighted by molar-refractivity contribution is -0.144. The molecule has 0 aromatic carbocycles. The molecule has 0 spiro atoms. The molecule has 0 unspecified atom stereocenters. The fourth-order valence-electron chi connectivity index (χ4n) is 1.77. The van der Waals surface area contributed by atoms with Crippen LogP contribution in [-0.4, -0.2) is 34.6 Å². The largest absolute Gasteiger partial charge is 0.451 e. The zero-order chi connectivity index (χ0) is 13.9. The fourth-order valence-corrected chi connectivity index (χ4v) is 2.66. The SMILES string of the molecule is NNc1cc(N2CCCSCC2)nc(C(F)(F)F)n1. The lowest BCUT2D eigenvalue weighted by Crippen LogP contribution is -2.28. The van der Waals surface area contributed by atoms with Crippen LogP contribution in [0.2, 0.25) is 0 Å². The smallest absolute Gasteiger partial charge is 0.356 e. The first-order valence-electron chi connectivity index (χ1n) is 5.76. The Hall–Kier alpha value is -1.22. The molecular weight excluding hydrogens is 279 g/mol. The fraction of sp³-hybridized carbons (Fsp3) is 0.600. The van der Waals surface area contributed by atoms with Crippen molar-refractivity contribution in [3.63, 3.8) is 0 Å². The molecule has 1 aromatic rings. The number of hydrazine groups is 1. The molecule has 2 rings (SSSR count). The van der Waals surface area contributed by atoms with E-state index < -0.39 is 12.0 Å². The maximum absolute atomic E-state index is 12.7. The number of anilines is 2. The Kier molecular flexibility index (Phi) is 4.35. The van der Waals surface area contributed by atoms with E-state index in [1.807, 2.05) is 4.90 Å². The Morgan fingerprint density at radius 3 is 2.74 bits per heavy atom. The summed E-state index contributed by atoms with van der Waals surface area (Å²) in [5.41, 5.74) is 2.15. The van der Waals surface area contributed by atoms with Gasteiger partial charge in [0.25, 0.3) is 0 Å². The van der Waals surface area contributed by atoms with Crippen LogP contribution in [0.15, 0.2) is 6.07 Å². The molecule has 0 amide bonds. The molecule has 3 N–H and O–H groups in total. The van der Waals surface area contributed by atoms with E-state index in [-0.39, 0.29) is 11.6 Å². The third-order valence-corrected chi connectivity index (χ3v) is 3.71. The second kappa shape index (κ2) is 5.83. The zero-order valence-corrected chi connectivity index (χ0v) is 10.9. The lowest BCUT2D eigenvalue weighted by Gasteiger charge is -2.22. The minimum atomic E-state index is -4.58. The van der Waals surface area contributed by atoms with Crippen molar-refractivity contribution in [1.29, 1.82) is 0 Å². The van der Waals surface area contributed by atoms with E-state index in [0.29, 0.717) is 13.1 Å². The zero-order valence-electron chi connectivity index (χ0n) is 10.1. The quantitative estimate of drug-likeness (QED) is 0.639. The highest BCUT2D eigenvalue weighted by Gasteiger charge is 2.36. The highest BCUT2D eigenvalue weighted by atomic mass is 32.2. The van der Waals surface area contributed by atoms with Gasteiger partial charge in [-0.25, -0.2) is 15.8 Å². The van der Waals surface area contributed by atoms with Crippen molar-refractivity contribution >= 4 is 23.4 Å². The minimum Gasteiger partial charge on any atom is -0.356 e. The summed E-state index contributed by atoms with van der Waals surface area (Å²) in [6.45, 7) is 1.36. The molecule has 106 valence electrons. The van der Waals surface area contributed by atoms with Crippen LogP contribution in [-0.2, 0) is 6.18 Å². The first kappa shape index (κ1) is 14.2. The van der Waals surface area contributed by atoms with Gasteiger partial charge in [0.2, 0.25) is 5.82 Å². The standard InChI is InChI=1S/C10H14F3N5S/c11-10(12,13)9-15-7(17-14)6-8(16-9)18-2-1-4-19-5-3-18/h6H,1-5,14H2,(H,15,16,17). The van der Waals surface area contributed by atoms with Crippen LogP contribution in [0.3, 0.4) is 0 Å². The number of hydrogen-bond donors (Lipinski definition) is 2. The number of nitrogen functional groups attached to an aromatic ring is 1. The lowest BCUT2D eigenvalue weighted by atomic mass is 10.3. The summed E-state index contributed by atoms with van der Waals surface area (Å²) < 4.78 is 38.1. The van der Waals surface area contributed by atoms with Gasteiger partial charge in [-0.2, -0.15) is 24.9 Å². The minimum absolute atomic E-state index is 0.0331. The number of aromatic nitrogens is 2. The Bertz CT molecular complexity index is 432. The highest BCUT2D eigenvalue weighted by molar-refractivity contribution is 7.99. The summed E-state index contributed by atoms with van der Waals surface area (Å²) in [5, 5.41) is 0. The Balaban J connectivity index is 2.33. The van der Waals surface area contributed by atoms with Gasteiger partial charge in [-0.05, 0) is 12.2 Å². The predicted octanol–water partition coefficient (Wildman–Crippen LogP) is 1.72. The Labute approximate surface area is 112 Å². The summed E-state index contributed by atoms with van der Waals surface area (Å²) in [5.74, 6) is 6.10. The van der Waals surface area contributed by atoms with Crippen molar-refractivity contribution in [3.05, 3.63) is 11.9 Å². The summed E-state index contributed by atoms with van der Waals surface area (Å²) >= 11 is 1.79. The highest BCUT2D eigenvalue weighted by Crippen LogP contribution is 2.29. The van der Waals surface area contributed by atoms with Crippen molar-refractivity contribution < 1.29 is 13.2 Å². The molecule has 1 aliphatic heterocycles. The van der Waals surface area contributed by atoms with E-state index in [1.165, 1.54) is 6.07 Å². The maximum atomic E-state index is 12.7. The van der Waals surface area contributed by atoms with Crippen molar-refractivity contribution in [2.24, 2.45) is 5.84 Å². The van der Waals surface area contributed by atoms with Crippen molar-refractivity contribution in [1.82, 2.24) is 9.97 Å². The molecule has 5 nitrogen and oxygen atoms in total. The van der Waals surface area contributed by atoms with Crippen molar-refractivity contribution in [2.45, 2.75) is 12.6 Å². The molecule has 9 heteroatoms. The number of thioether (sulfide) groups is 1. The number of rotatable bonds is 2. The molecule has 0 saturated carbocycles. The average molecular weight is 293 g/mol. The molecule has 1 aromatic heterocycles. The van der Waals surface area contributed by atoms with Crippen LogP contribution in [0.1, 0.15) is 12.2 Å². The van der Waals surface area contributed by atoms with Gasteiger partial charge in [-0.1, -0.05) is 0 Å². The van der Waals surface area contributed by atoms with Crippen molar-refractivity contribution in [3.8, 4) is 0 Å². The van der Waals surface area contributed by atoms with Gasteiger partial charge in [0.05, 0.1) is 0 Å². The number of nitrogens with zero attached hydrogens (tertiary/aromatic N) is 3. The van der Waals surface area contributed by atoms with E-state index >= 15 is 0 Å². The number of nitrogens with two attached hydrogens (primary N) is 1. The van der Waals surface area contributed by atoms with Gasteiger partial charge in [0.15, 0.2) is 0 Å². The van der Waals surface area contributed by atoms with Crippen LogP contribution in [0, 0.1) is 0 Å². The second-order valence-electron chi connectivity index (χ2n) is 4.03. The van der Waals surface area contributed by atoms with Gasteiger partial charge in [-0.15, -0.1) is 0 Å². The number of halogens is 3. The maximum Gasteiger partial charge on any atom is 0.451 e. The number of alkyl halides is 3. The first-order chi connectivity index (χ1) is 9.00. The van der Waals surface area contributed by atoms with Crippen molar-refractivity contribution in [2.75, 3.05) is 34.9 Å². The number of nitrogens with one attached hydrogen (secondary N) is 1. The van der Waals surface area contributed by atoms with Gasteiger partial charge in [-0.3, -0.25) is 0 Å². The van der Waals surface area contributed by atoms with E-state index in [0.717, 1.165) is 17.9 Å². The van der Waals surface area contributed by atoms with Gasteiger partial charge < -0.3 is 10.3 Å². The topological polar surface area (TPSA) is 67.1 Å². The molecule has 0 bridgehead atoms. The molecule has 1 fully saturated rings. The molecule has 0 aliphatic carbocycles. The molecule has 0 radical (unpaired) electrons. The van der Waals surface area contributed by atoms with Crippen LogP contribution in [0.25, 0.3) is 0 Å². The summed E-state index contributed by atoms with van der Waals surface area (Å²) in [6, 6.07) is 1.44. The third-order valence-electron chi connectivity index (χ3n) is 2.66. The van der Waals surface area contributed by atoms with E-state index in [4.69, 9.17) is 5.84 Å². The molecule has 1 saturated heterocycles. The summed E-state index contributed by atoms with van der Waals surface area (Å²) in [6.07, 6.45) is -3.66. The van der Waals surface area contributed by atoms with Gasteiger partial charge >= 0.3 is 6.18 Å². The van der Waals surface area contributed by atoms with Crippen LogP contribution >= 0.6 is 11.8 Å². The summed E-state index contributed by atoms with van der Waals surface area (Å²) in [7, 11) is 0. The second-order valence-corrected chi connectivity index (χ2v) is 5.25. The number of hydrogen-bond acceptors (Lipinski definition) is 6. The molecular formula is C10H14F3N5S. The third kappa shape index (κ3) is 3.63. The normalized spacial score (nSPS) is 17.2. The van der Waals surface area contributed by atoms with E-state index in [9.17, 15) is 13.2 Å². The van der Waals surface area contributed by atoms with Crippen LogP contribution < -0.4 is 16.2 Å². The van der Waals surface area contributed by atoms with E-state index in [2.05, 4.69) is 15.4 Å². The Morgan fingerprint density at radius 1 is 1.26 bits per heavy atom. The summed E-state index contributed by atoms with van der Waals surface area (Å²) in [4.78, 5) is 8.77. The first-order valence-corrected chi connectivity index (χ1v) is 6.92. The van der Waals surface area contributed by atoms with Crippen LogP contribution in [0.4, 0.5) is 24.8 Å². The molecule has 2 heterocycles. The molecule has 0 atom stereocenters. The molecule has 1 aliphatic rings. The Morgan fingerprint density at radius 2 is 2.05 bits per heavy atom. The van der Waals surface area contributed by atoms with Gasteiger partial charge in [0, 0.05) is 24.9 Å². The monoisotopic (exact) mass is 293 g/mol. The predicted molar refractivity (Wildman–Crippen MR) is 69.0 cm³/mol. The van der Waals surface area contributed by atoms with E-state index in [1.54, 1.807) is 11.8 Å². The molecule has 19 heavy (non-hydrogen) atoms.